The van der Waals surface area contributed by atoms with E-state index in [4.69, 9.17) is 9.97 Å². The van der Waals surface area contributed by atoms with Crippen LogP contribution in [0.15, 0.2) is 170 Å². The van der Waals surface area contributed by atoms with E-state index < -0.39 is 0 Å². The third kappa shape index (κ3) is 4.78. The number of fused-ring (bicyclic) bond motifs is 15. The normalized spacial score (nSPS) is 14.5. The van der Waals surface area contributed by atoms with E-state index in [1.165, 1.54) is 97.7 Å². The lowest BCUT2D eigenvalue weighted by atomic mass is 9.81. The van der Waals surface area contributed by atoms with Crippen molar-refractivity contribution in [2.45, 2.75) is 38.5 Å². The van der Waals surface area contributed by atoms with Crippen molar-refractivity contribution in [2.75, 3.05) is 0 Å². The van der Waals surface area contributed by atoms with Crippen molar-refractivity contribution in [1.82, 2.24) is 9.97 Å². The second-order valence-electron chi connectivity index (χ2n) is 18.1. The highest BCUT2D eigenvalue weighted by atomic mass is 32.1. The van der Waals surface area contributed by atoms with Crippen LogP contribution in [0.1, 0.15) is 49.9 Å². The largest absolute Gasteiger partial charge is 0.252 e. The minimum atomic E-state index is -0.202. The van der Waals surface area contributed by atoms with Gasteiger partial charge in [0.15, 0.2) is 0 Å². The Morgan fingerprint density at radius 1 is 0.361 bits per heavy atom. The highest BCUT2D eigenvalue weighted by Crippen LogP contribution is 2.53. The van der Waals surface area contributed by atoms with Gasteiger partial charge < -0.3 is 0 Å². The van der Waals surface area contributed by atoms with Crippen molar-refractivity contribution in [3.05, 3.63) is 192 Å². The summed E-state index contributed by atoms with van der Waals surface area (Å²) < 4.78 is 2.68. The molecule has 9 aromatic carbocycles. The number of aromatic nitrogens is 2. The molecular formula is C58H40N2S. The number of hydrogen-bond acceptors (Lipinski definition) is 3. The molecule has 0 amide bonds. The van der Waals surface area contributed by atoms with E-state index in [0.717, 1.165) is 33.1 Å². The molecule has 288 valence electrons. The first-order chi connectivity index (χ1) is 29.8. The Morgan fingerprint density at radius 2 is 0.787 bits per heavy atom. The molecule has 0 saturated carbocycles. The number of hydrogen-bond donors (Lipinski definition) is 0. The summed E-state index contributed by atoms with van der Waals surface area (Å²) in [6.07, 6.45) is 1.96. The second kappa shape index (κ2) is 12.3. The molecule has 0 spiro atoms. The first-order valence-corrected chi connectivity index (χ1v) is 22.1. The van der Waals surface area contributed by atoms with Gasteiger partial charge in [-0.2, -0.15) is 0 Å². The lowest BCUT2D eigenvalue weighted by Crippen LogP contribution is -2.15. The maximum atomic E-state index is 5.34. The summed E-state index contributed by atoms with van der Waals surface area (Å²) in [5.41, 5.74) is 19.6. The minimum absolute atomic E-state index is 0.0403. The minimum Gasteiger partial charge on any atom is -0.252 e. The molecule has 11 aromatic rings. The summed E-state index contributed by atoms with van der Waals surface area (Å²) in [5, 5.41) is 7.33. The van der Waals surface area contributed by atoms with Crippen LogP contribution in [-0.2, 0) is 10.8 Å². The SMILES string of the molecule is CC1(C)c2ccccc2-c2ccc(-c3cccc4c3sc3c(-c5ccc6c(c5)C(C)(C)c5cc(-c7cnc8c9ccccc9c9ccccc9c8n7)ccc5-6)cccc34)cc21. The number of rotatable bonds is 3. The predicted molar refractivity (Wildman–Crippen MR) is 259 cm³/mol. The molecule has 61 heavy (non-hydrogen) atoms. The van der Waals surface area contributed by atoms with Gasteiger partial charge in [0.05, 0.1) is 22.9 Å². The highest BCUT2D eigenvalue weighted by molar-refractivity contribution is 7.26. The van der Waals surface area contributed by atoms with Gasteiger partial charge in [-0.05, 0) is 95.7 Å². The smallest absolute Gasteiger partial charge is 0.0979 e. The van der Waals surface area contributed by atoms with Crippen LogP contribution in [-0.4, -0.2) is 9.97 Å². The van der Waals surface area contributed by atoms with Gasteiger partial charge in [0, 0.05) is 47.3 Å². The lowest BCUT2D eigenvalue weighted by Gasteiger charge is -2.22. The van der Waals surface area contributed by atoms with Crippen LogP contribution in [0.3, 0.4) is 0 Å². The Labute approximate surface area is 358 Å². The molecule has 0 bridgehead atoms. The van der Waals surface area contributed by atoms with Crippen molar-refractivity contribution in [1.29, 1.82) is 0 Å². The first-order valence-electron chi connectivity index (χ1n) is 21.3. The molecule has 3 heteroatoms. The van der Waals surface area contributed by atoms with Gasteiger partial charge in [0.1, 0.15) is 0 Å². The molecule has 0 aliphatic heterocycles. The summed E-state index contributed by atoms with van der Waals surface area (Å²) in [4.78, 5) is 10.4. The van der Waals surface area contributed by atoms with Crippen molar-refractivity contribution < 1.29 is 0 Å². The molecule has 0 N–H and O–H groups in total. The van der Waals surface area contributed by atoms with Crippen LogP contribution in [0, 0.1) is 0 Å². The zero-order valence-corrected chi connectivity index (χ0v) is 35.3. The summed E-state index contributed by atoms with van der Waals surface area (Å²) in [7, 11) is 0. The number of thiophene rings is 1. The van der Waals surface area contributed by atoms with Gasteiger partial charge in [0.25, 0.3) is 0 Å². The van der Waals surface area contributed by atoms with Crippen molar-refractivity contribution in [3.8, 4) is 55.8 Å². The predicted octanol–water partition coefficient (Wildman–Crippen LogP) is 15.9. The third-order valence-electron chi connectivity index (χ3n) is 14.1. The van der Waals surface area contributed by atoms with E-state index in [9.17, 15) is 0 Å². The Balaban J connectivity index is 0.896. The monoisotopic (exact) mass is 796 g/mol. The fourth-order valence-corrected chi connectivity index (χ4v) is 12.3. The summed E-state index contributed by atoms with van der Waals surface area (Å²) >= 11 is 1.93. The van der Waals surface area contributed by atoms with Crippen LogP contribution < -0.4 is 0 Å². The molecule has 0 unspecified atom stereocenters. The van der Waals surface area contributed by atoms with E-state index >= 15 is 0 Å². The maximum absolute atomic E-state index is 5.34. The summed E-state index contributed by atoms with van der Waals surface area (Å²) in [6.45, 7) is 9.48. The average Bonchev–Trinajstić information content (AvgIpc) is 3.88. The van der Waals surface area contributed by atoms with E-state index in [1.54, 1.807) is 0 Å². The quantitative estimate of drug-likeness (QED) is 0.166. The molecule has 0 saturated heterocycles. The van der Waals surface area contributed by atoms with Gasteiger partial charge in [-0.25, -0.2) is 4.98 Å². The maximum Gasteiger partial charge on any atom is 0.0979 e. The van der Waals surface area contributed by atoms with Gasteiger partial charge in [-0.3, -0.25) is 4.98 Å². The van der Waals surface area contributed by atoms with Crippen LogP contribution in [0.2, 0.25) is 0 Å². The van der Waals surface area contributed by atoms with Crippen molar-refractivity contribution >= 4 is 64.1 Å². The Morgan fingerprint density at radius 3 is 1.38 bits per heavy atom. The van der Waals surface area contributed by atoms with Gasteiger partial charge in [-0.15, -0.1) is 11.3 Å². The van der Waals surface area contributed by atoms with Gasteiger partial charge >= 0.3 is 0 Å². The van der Waals surface area contributed by atoms with Crippen molar-refractivity contribution in [2.24, 2.45) is 0 Å². The molecule has 0 radical (unpaired) electrons. The van der Waals surface area contributed by atoms with E-state index in [2.05, 4.69) is 191 Å². The van der Waals surface area contributed by atoms with Crippen LogP contribution >= 0.6 is 11.3 Å². The average molecular weight is 797 g/mol. The molecule has 0 fully saturated rings. The first kappa shape index (κ1) is 34.9. The molecule has 2 aliphatic carbocycles. The molecule has 0 atom stereocenters. The number of benzene rings is 9. The van der Waals surface area contributed by atoms with Crippen LogP contribution in [0.25, 0.3) is 109 Å². The lowest BCUT2D eigenvalue weighted by molar-refractivity contribution is 0.660. The fraction of sp³-hybridized carbons (Fsp3) is 0.103. The fourth-order valence-electron chi connectivity index (χ4n) is 11.0. The molecule has 2 nitrogen and oxygen atoms in total. The third-order valence-corrected chi connectivity index (χ3v) is 15.4. The van der Waals surface area contributed by atoms with E-state index in [-0.39, 0.29) is 10.8 Å². The topological polar surface area (TPSA) is 25.8 Å². The molecule has 2 aromatic heterocycles. The van der Waals surface area contributed by atoms with E-state index in [0.29, 0.717) is 0 Å². The molecule has 2 heterocycles. The van der Waals surface area contributed by atoms with Gasteiger partial charge in [0.2, 0.25) is 0 Å². The second-order valence-corrected chi connectivity index (χ2v) is 19.1. The van der Waals surface area contributed by atoms with Crippen molar-refractivity contribution in [3.63, 3.8) is 0 Å². The van der Waals surface area contributed by atoms with E-state index in [1.807, 2.05) is 17.5 Å². The zero-order chi connectivity index (χ0) is 40.8. The van der Waals surface area contributed by atoms with Crippen LogP contribution in [0.4, 0.5) is 0 Å². The zero-order valence-electron chi connectivity index (χ0n) is 34.5. The highest BCUT2D eigenvalue weighted by Gasteiger charge is 2.37. The number of nitrogens with zero attached hydrogens (tertiary/aromatic N) is 2. The standard InChI is InChI=1S/C58H40N2S/c1-57(2)48-22-10-9-15-40(48)41-26-23-33(29-49(41)57)36-18-11-20-46-47-21-12-19-37(56(47)61-55(36)46)34-24-27-42-43-28-25-35(31-51(43)58(3,4)50(42)30-34)52-32-59-53-44-16-7-5-13-38(44)39-14-6-8-17-45(39)54(53)60-52/h5-32H,1-4H3. The Hall–Kier alpha value is -6.94. The summed E-state index contributed by atoms with van der Waals surface area (Å²) in [5.74, 6) is 0. The molecule has 2 aliphatic rings. The molecule has 13 rings (SSSR count). The summed E-state index contributed by atoms with van der Waals surface area (Å²) in [6, 6.07) is 60.9. The Kier molecular flexibility index (Phi) is 7.04. The van der Waals surface area contributed by atoms with Crippen LogP contribution in [0.5, 0.6) is 0 Å². The molecular weight excluding hydrogens is 757 g/mol. The Bertz CT molecular complexity index is 3680. The van der Waals surface area contributed by atoms with Gasteiger partial charge in [-0.1, -0.05) is 173 Å².